The first-order valence-corrected chi connectivity index (χ1v) is 11.3. The second-order valence-electron chi connectivity index (χ2n) is 6.54. The second-order valence-corrected chi connectivity index (χ2v) is 8.46. The number of thioether (sulfide) groups is 1. The van der Waals surface area contributed by atoms with Crippen LogP contribution in [0.25, 0.3) is 5.69 Å². The Labute approximate surface area is 187 Å². The molecule has 1 amide bonds. The molecule has 2 aromatic carbocycles. The third kappa shape index (κ3) is 5.12. The van der Waals surface area contributed by atoms with Gasteiger partial charge in [0.1, 0.15) is 17.9 Å². The predicted molar refractivity (Wildman–Crippen MR) is 119 cm³/mol. The summed E-state index contributed by atoms with van der Waals surface area (Å²) in [7, 11) is 1.61. The number of hydrogen-bond donors (Lipinski definition) is 1. The van der Waals surface area contributed by atoms with Gasteiger partial charge in [0, 0.05) is 10.9 Å². The highest BCUT2D eigenvalue weighted by Gasteiger charge is 2.19. The molecule has 0 unspecified atom stereocenters. The summed E-state index contributed by atoms with van der Waals surface area (Å²) in [4.78, 5) is 13.7. The maximum Gasteiger partial charge on any atom is 0.231 e. The molecule has 6 nitrogen and oxygen atoms in total. The first-order valence-electron chi connectivity index (χ1n) is 9.39. The Bertz CT molecular complexity index is 1150. The molecule has 0 aliphatic heterocycles. The molecule has 0 fully saturated rings. The topological polar surface area (TPSA) is 69.0 Å². The van der Waals surface area contributed by atoms with E-state index in [0.717, 1.165) is 21.9 Å². The van der Waals surface area contributed by atoms with Crippen LogP contribution in [-0.4, -0.2) is 33.5 Å². The molecular formula is C22H19FN4O2S2. The van der Waals surface area contributed by atoms with Crippen LogP contribution in [0.5, 0.6) is 5.75 Å². The van der Waals surface area contributed by atoms with Gasteiger partial charge in [0.15, 0.2) is 5.16 Å². The number of nitrogens with one attached hydrogen (secondary N) is 1. The van der Waals surface area contributed by atoms with Crippen LogP contribution in [-0.2, 0) is 4.79 Å². The van der Waals surface area contributed by atoms with Crippen molar-refractivity contribution in [2.45, 2.75) is 11.2 Å². The van der Waals surface area contributed by atoms with Crippen molar-refractivity contribution >= 4 is 29.0 Å². The second kappa shape index (κ2) is 9.76. The fourth-order valence-electron chi connectivity index (χ4n) is 3.02. The summed E-state index contributed by atoms with van der Waals surface area (Å²) in [5.41, 5.74) is 1.66. The number of methoxy groups -OCH3 is 1. The van der Waals surface area contributed by atoms with Gasteiger partial charge in [-0.05, 0) is 41.3 Å². The Morgan fingerprint density at radius 3 is 2.81 bits per heavy atom. The quantitative estimate of drug-likeness (QED) is 0.398. The number of aromatic nitrogens is 3. The highest BCUT2D eigenvalue weighted by Crippen LogP contribution is 2.27. The first kappa shape index (κ1) is 21.1. The standard InChI is InChI=1S/C22H19FN4O2S2/c1-29-18-5-2-4-17(12-18)27-14-24-26-22(27)31-13-20(28)25-21(19-6-3-11-30-19)15-7-9-16(23)10-8-15/h2-12,14,21H,13H2,1H3,(H,25,28)/t21-/m1/s1. The molecular weight excluding hydrogens is 435 g/mol. The minimum Gasteiger partial charge on any atom is -0.497 e. The van der Waals surface area contributed by atoms with Gasteiger partial charge in [-0.2, -0.15) is 0 Å². The first-order chi connectivity index (χ1) is 15.1. The Balaban J connectivity index is 1.46. The van der Waals surface area contributed by atoms with Gasteiger partial charge in [-0.1, -0.05) is 36.0 Å². The molecule has 0 radical (unpaired) electrons. The molecule has 2 heterocycles. The summed E-state index contributed by atoms with van der Waals surface area (Å²) in [6.07, 6.45) is 1.60. The van der Waals surface area contributed by atoms with Crippen LogP contribution >= 0.6 is 23.1 Å². The average Bonchev–Trinajstić information content (AvgIpc) is 3.49. The van der Waals surface area contributed by atoms with Crippen LogP contribution in [0.3, 0.4) is 0 Å². The molecule has 0 spiro atoms. The van der Waals surface area contributed by atoms with E-state index < -0.39 is 0 Å². The van der Waals surface area contributed by atoms with Crippen LogP contribution in [0.15, 0.2) is 77.5 Å². The van der Waals surface area contributed by atoms with E-state index in [2.05, 4.69) is 15.5 Å². The van der Waals surface area contributed by atoms with Gasteiger partial charge in [-0.15, -0.1) is 21.5 Å². The van der Waals surface area contributed by atoms with Crippen molar-refractivity contribution in [3.05, 3.63) is 88.6 Å². The number of nitrogens with zero attached hydrogens (tertiary/aromatic N) is 3. The lowest BCUT2D eigenvalue weighted by Gasteiger charge is -2.18. The van der Waals surface area contributed by atoms with E-state index in [4.69, 9.17) is 4.74 Å². The molecule has 158 valence electrons. The van der Waals surface area contributed by atoms with Crippen LogP contribution in [0.1, 0.15) is 16.5 Å². The molecule has 31 heavy (non-hydrogen) atoms. The van der Waals surface area contributed by atoms with Crippen molar-refractivity contribution < 1.29 is 13.9 Å². The van der Waals surface area contributed by atoms with Crippen LogP contribution in [0.2, 0.25) is 0 Å². The SMILES string of the molecule is COc1cccc(-n2cnnc2SCC(=O)N[C@H](c2ccc(F)cc2)c2cccs2)c1. The number of rotatable bonds is 8. The number of carbonyl (C=O) groups is 1. The predicted octanol–water partition coefficient (Wildman–Crippen LogP) is 4.47. The van der Waals surface area contributed by atoms with Crippen molar-refractivity contribution in [3.63, 3.8) is 0 Å². The van der Waals surface area contributed by atoms with E-state index in [0.29, 0.717) is 5.16 Å². The van der Waals surface area contributed by atoms with E-state index in [1.54, 1.807) is 30.1 Å². The number of ether oxygens (including phenoxy) is 1. The number of carbonyl (C=O) groups excluding carboxylic acids is 1. The molecule has 0 aliphatic rings. The Hall–Kier alpha value is -3.17. The number of amides is 1. The van der Waals surface area contributed by atoms with Gasteiger partial charge in [0.05, 0.1) is 24.6 Å². The molecule has 0 saturated carbocycles. The van der Waals surface area contributed by atoms with Crippen LogP contribution < -0.4 is 10.1 Å². The summed E-state index contributed by atoms with van der Waals surface area (Å²) >= 11 is 2.82. The molecule has 9 heteroatoms. The number of thiophene rings is 1. The molecule has 4 rings (SSSR count). The normalized spacial score (nSPS) is 11.8. The molecule has 0 aliphatic carbocycles. The summed E-state index contributed by atoms with van der Waals surface area (Å²) < 4.78 is 20.4. The lowest BCUT2D eigenvalue weighted by molar-refractivity contribution is -0.119. The smallest absolute Gasteiger partial charge is 0.231 e. The number of hydrogen-bond acceptors (Lipinski definition) is 6. The van der Waals surface area contributed by atoms with E-state index in [1.807, 2.05) is 41.8 Å². The van der Waals surface area contributed by atoms with Gasteiger partial charge >= 0.3 is 0 Å². The maximum absolute atomic E-state index is 13.3. The third-order valence-electron chi connectivity index (χ3n) is 4.52. The fourth-order valence-corrected chi connectivity index (χ4v) is 4.57. The number of benzene rings is 2. The molecule has 0 saturated heterocycles. The van der Waals surface area contributed by atoms with E-state index in [-0.39, 0.29) is 23.5 Å². The van der Waals surface area contributed by atoms with Gasteiger partial charge in [0.2, 0.25) is 5.91 Å². The Kier molecular flexibility index (Phi) is 6.63. The lowest BCUT2D eigenvalue weighted by atomic mass is 10.1. The monoisotopic (exact) mass is 454 g/mol. The van der Waals surface area contributed by atoms with Gasteiger partial charge in [0.25, 0.3) is 0 Å². The third-order valence-corrected chi connectivity index (χ3v) is 6.40. The maximum atomic E-state index is 13.3. The largest absolute Gasteiger partial charge is 0.497 e. The van der Waals surface area contributed by atoms with Crippen molar-refractivity contribution in [1.82, 2.24) is 20.1 Å². The zero-order valence-corrected chi connectivity index (χ0v) is 18.2. The van der Waals surface area contributed by atoms with Crippen molar-refractivity contribution in [2.75, 3.05) is 12.9 Å². The molecule has 1 N–H and O–H groups in total. The average molecular weight is 455 g/mol. The van der Waals surface area contributed by atoms with Gasteiger partial charge in [-0.3, -0.25) is 9.36 Å². The summed E-state index contributed by atoms with van der Waals surface area (Å²) in [5, 5.41) is 13.7. The van der Waals surface area contributed by atoms with Crippen LogP contribution in [0.4, 0.5) is 4.39 Å². The fraction of sp³-hybridized carbons (Fsp3) is 0.136. The highest BCUT2D eigenvalue weighted by atomic mass is 32.2. The van der Waals surface area contributed by atoms with E-state index in [9.17, 15) is 9.18 Å². The van der Waals surface area contributed by atoms with Crippen molar-refractivity contribution in [3.8, 4) is 11.4 Å². The Morgan fingerprint density at radius 2 is 2.06 bits per heavy atom. The lowest BCUT2D eigenvalue weighted by Crippen LogP contribution is -2.30. The molecule has 0 bridgehead atoms. The van der Waals surface area contributed by atoms with Crippen molar-refractivity contribution in [2.24, 2.45) is 0 Å². The number of halogens is 1. The zero-order valence-electron chi connectivity index (χ0n) is 16.6. The van der Waals surface area contributed by atoms with Gasteiger partial charge in [-0.25, -0.2) is 4.39 Å². The molecule has 1 atom stereocenters. The minimum atomic E-state index is -0.343. The molecule has 4 aromatic rings. The summed E-state index contributed by atoms with van der Waals surface area (Å²) in [5.74, 6) is 0.407. The highest BCUT2D eigenvalue weighted by molar-refractivity contribution is 7.99. The molecule has 2 aromatic heterocycles. The Morgan fingerprint density at radius 1 is 1.23 bits per heavy atom. The van der Waals surface area contributed by atoms with E-state index >= 15 is 0 Å². The zero-order chi connectivity index (χ0) is 21.6. The van der Waals surface area contributed by atoms with Crippen molar-refractivity contribution in [1.29, 1.82) is 0 Å². The summed E-state index contributed by atoms with van der Waals surface area (Å²) in [6, 6.07) is 17.2. The van der Waals surface area contributed by atoms with E-state index in [1.165, 1.54) is 35.2 Å². The van der Waals surface area contributed by atoms with Gasteiger partial charge < -0.3 is 10.1 Å². The minimum absolute atomic E-state index is 0.158. The summed E-state index contributed by atoms with van der Waals surface area (Å²) in [6.45, 7) is 0. The van der Waals surface area contributed by atoms with Crippen LogP contribution in [0, 0.1) is 5.82 Å².